The molecule has 0 N–H and O–H groups in total. The maximum atomic E-state index is 11.6. The van der Waals surface area contributed by atoms with Gasteiger partial charge in [0.1, 0.15) is 24.1 Å². The van der Waals surface area contributed by atoms with Gasteiger partial charge in [-0.2, -0.15) is 0 Å². The number of aryl methyl sites for hydroxylation is 4. The van der Waals surface area contributed by atoms with Crippen molar-refractivity contribution in [2.24, 2.45) is 0 Å². The number of hydrogen-bond donors (Lipinski definition) is 0. The van der Waals surface area contributed by atoms with Gasteiger partial charge in [-0.15, -0.1) is 22.7 Å². The quantitative estimate of drug-likeness (QED) is 0.0498. The van der Waals surface area contributed by atoms with Gasteiger partial charge >= 0.3 is 0 Å². The second-order valence-electron chi connectivity index (χ2n) is 19.9. The minimum Gasteiger partial charge on any atom is -0.493 e. The van der Waals surface area contributed by atoms with E-state index in [1.165, 1.54) is 20.5 Å². The molecule has 2 heterocycles. The van der Waals surface area contributed by atoms with Crippen LogP contribution in [0.25, 0.3) is 41.1 Å². The van der Waals surface area contributed by atoms with Gasteiger partial charge in [-0.25, -0.2) is 0 Å². The van der Waals surface area contributed by atoms with Crippen LogP contribution in [0.4, 0.5) is 34.1 Å². The third kappa shape index (κ3) is 12.0. The molecule has 0 saturated carbocycles. The first-order valence-electron chi connectivity index (χ1n) is 26.8. The van der Waals surface area contributed by atoms with Gasteiger partial charge in [0, 0.05) is 75.5 Å². The van der Waals surface area contributed by atoms with Gasteiger partial charge < -0.3 is 19.3 Å². The lowest BCUT2D eigenvalue weighted by atomic mass is 10.0. The average molecular weight is 1060 g/mol. The molecule has 8 heteroatoms. The number of hydrogen-bond acceptors (Lipinski definition) is 8. The maximum absolute atomic E-state index is 11.6. The third-order valence-corrected chi connectivity index (χ3v) is 16.4. The van der Waals surface area contributed by atoms with E-state index in [2.05, 4.69) is 206 Å². The summed E-state index contributed by atoms with van der Waals surface area (Å²) < 4.78 is 16.3. The lowest BCUT2D eigenvalue weighted by molar-refractivity contribution is 0.111. The third-order valence-electron chi connectivity index (χ3n) is 14.1. The molecular weight excluding hydrogens is 997 g/mol. The lowest BCUT2D eigenvalue weighted by Gasteiger charge is -2.25. The van der Waals surface area contributed by atoms with E-state index in [0.29, 0.717) is 24.3 Å². The second kappa shape index (κ2) is 24.2. The highest BCUT2D eigenvalue weighted by Crippen LogP contribution is 2.49. The Morgan fingerprint density at radius 2 is 0.795 bits per heavy atom. The van der Waals surface area contributed by atoms with Gasteiger partial charge in [-0.05, 0) is 207 Å². The number of fused-ring (bicyclic) bond motifs is 2. The number of carbonyl (C=O) groups is 2. The Hall–Kier alpha value is -8.56. The van der Waals surface area contributed by atoms with Crippen molar-refractivity contribution in [2.45, 2.75) is 52.4 Å². The molecule has 2 aromatic heterocycles. The largest absolute Gasteiger partial charge is 0.493 e. The van der Waals surface area contributed by atoms with E-state index < -0.39 is 0 Å². The average Bonchev–Trinajstić information content (AvgIpc) is 4.24. The van der Waals surface area contributed by atoms with Crippen molar-refractivity contribution in [2.75, 3.05) is 23.0 Å². The van der Waals surface area contributed by atoms with E-state index in [1.807, 2.05) is 36.4 Å². The van der Waals surface area contributed by atoms with Crippen LogP contribution in [0.1, 0.15) is 68.7 Å². The molecule has 386 valence electrons. The first-order valence-corrected chi connectivity index (χ1v) is 28.4. The predicted molar refractivity (Wildman–Crippen MR) is 327 cm³/mol. The van der Waals surface area contributed by atoms with Crippen molar-refractivity contribution < 1.29 is 19.1 Å². The molecule has 0 amide bonds. The highest BCUT2D eigenvalue weighted by atomic mass is 32.1. The van der Waals surface area contributed by atoms with Crippen LogP contribution in [0.2, 0.25) is 0 Å². The Kier molecular flexibility index (Phi) is 16.0. The molecular formula is C70H60N2O4S2. The molecule has 0 aliphatic heterocycles. The topological polar surface area (TPSA) is 59.1 Å². The van der Waals surface area contributed by atoms with Crippen molar-refractivity contribution in [3.8, 4) is 32.4 Å². The van der Waals surface area contributed by atoms with Crippen LogP contribution < -0.4 is 19.3 Å². The molecule has 0 unspecified atom stereocenters. The van der Waals surface area contributed by atoms with Crippen molar-refractivity contribution in [1.82, 2.24) is 0 Å². The van der Waals surface area contributed by atoms with Crippen LogP contribution in [0.5, 0.6) is 11.5 Å². The van der Waals surface area contributed by atoms with Crippen LogP contribution >= 0.6 is 22.7 Å². The number of para-hydroxylation sites is 2. The zero-order valence-electron chi connectivity index (χ0n) is 43.9. The minimum absolute atomic E-state index is 0.521. The number of thiophene rings is 2. The number of benzene rings is 9. The molecule has 78 heavy (non-hydrogen) atoms. The van der Waals surface area contributed by atoms with E-state index in [4.69, 9.17) is 9.47 Å². The first-order chi connectivity index (χ1) is 38.3. The molecule has 0 bridgehead atoms. The number of aldehydes is 2. The Labute approximate surface area is 465 Å². The first kappa shape index (κ1) is 51.5. The fourth-order valence-corrected chi connectivity index (χ4v) is 12.4. The van der Waals surface area contributed by atoms with Crippen LogP contribution in [0, 0.1) is 13.8 Å². The Morgan fingerprint density at radius 3 is 1.22 bits per heavy atom. The van der Waals surface area contributed by atoms with Crippen LogP contribution in [0.3, 0.4) is 0 Å². The molecule has 11 aromatic rings. The molecule has 0 spiro atoms. The molecule has 0 fully saturated rings. The predicted octanol–water partition coefficient (Wildman–Crippen LogP) is 19.4. The fourth-order valence-electron chi connectivity index (χ4n) is 10.2. The van der Waals surface area contributed by atoms with Crippen molar-refractivity contribution in [1.29, 1.82) is 0 Å². The Bertz CT molecular complexity index is 3610. The lowest BCUT2D eigenvalue weighted by Crippen LogP contribution is -2.09. The van der Waals surface area contributed by atoms with E-state index in [-0.39, 0.29) is 0 Å². The monoisotopic (exact) mass is 1060 g/mol. The molecule has 11 rings (SSSR count). The Morgan fingerprint density at radius 1 is 0.385 bits per heavy atom. The number of nitrogens with zero attached hydrogens (tertiary/aromatic N) is 2. The van der Waals surface area contributed by atoms with E-state index in [1.54, 1.807) is 22.7 Å². The van der Waals surface area contributed by atoms with Gasteiger partial charge in [0.15, 0.2) is 0 Å². The summed E-state index contributed by atoms with van der Waals surface area (Å²) in [6.07, 6.45) is 7.03. The van der Waals surface area contributed by atoms with Crippen molar-refractivity contribution in [3.63, 3.8) is 0 Å². The van der Waals surface area contributed by atoms with Gasteiger partial charge in [0.2, 0.25) is 0 Å². The van der Waals surface area contributed by atoms with Gasteiger partial charge in [0.25, 0.3) is 0 Å². The molecule has 0 aliphatic carbocycles. The summed E-state index contributed by atoms with van der Waals surface area (Å²) >= 11 is 3.52. The number of ether oxygens (including phenoxy) is 2. The number of unbranched alkanes of at least 4 members (excludes halogenated alkanes) is 2. The minimum atomic E-state index is 0.521. The molecule has 6 nitrogen and oxygen atoms in total. The summed E-state index contributed by atoms with van der Waals surface area (Å²) in [4.78, 5) is 29.9. The normalized spacial score (nSPS) is 11.2. The number of rotatable bonds is 22. The Balaban J connectivity index is 0.982. The van der Waals surface area contributed by atoms with Crippen LogP contribution in [-0.4, -0.2) is 25.8 Å². The number of anilines is 6. The van der Waals surface area contributed by atoms with E-state index in [9.17, 15) is 9.59 Å². The van der Waals surface area contributed by atoms with Gasteiger partial charge in [-0.1, -0.05) is 97.1 Å². The highest BCUT2D eigenvalue weighted by Gasteiger charge is 2.22. The standard InChI is InChI=1S/C70H60N2O4S2/c1-49-17-13-29-59(37-49)71(57-25-5-3-6-26-57)61-31-33-67-55(41-61)43-69(77-67)63-45-66(76-36-12-10-20-52-22-16-24-54(40-52)48-74)64(46-65(63)75-35-11-9-19-51-21-15-23-53(39-51)47-73)70-44-56-42-62(32-34-68(56)78-70)72(58-27-7-4-8-28-58)60-30-14-18-50(2)38-60/h3-8,13-18,21-34,37-48H,9-12,19-20,35-36H2,1-2H3. The number of carbonyl (C=O) groups excluding carboxylic acids is 2. The summed E-state index contributed by atoms with van der Waals surface area (Å²) in [6.45, 7) is 5.31. The van der Waals surface area contributed by atoms with Gasteiger partial charge in [-0.3, -0.25) is 9.59 Å². The molecule has 9 aromatic carbocycles. The molecule has 0 aliphatic rings. The van der Waals surface area contributed by atoms with Crippen molar-refractivity contribution >= 4 is 89.5 Å². The molecule has 0 radical (unpaired) electrons. The van der Waals surface area contributed by atoms with Gasteiger partial charge in [0.05, 0.1) is 13.2 Å². The smallest absolute Gasteiger partial charge is 0.150 e. The summed E-state index contributed by atoms with van der Waals surface area (Å²) in [6, 6.07) is 76.7. The fraction of sp³-hybridized carbons (Fsp3) is 0.143. The maximum Gasteiger partial charge on any atom is 0.150 e. The van der Waals surface area contributed by atoms with Crippen LogP contribution in [-0.2, 0) is 12.8 Å². The van der Waals surface area contributed by atoms with E-state index in [0.717, 1.165) is 140 Å². The van der Waals surface area contributed by atoms with E-state index >= 15 is 0 Å². The summed E-state index contributed by atoms with van der Waals surface area (Å²) in [7, 11) is 0. The highest BCUT2D eigenvalue weighted by molar-refractivity contribution is 7.22. The summed E-state index contributed by atoms with van der Waals surface area (Å²) in [5.74, 6) is 1.61. The van der Waals surface area contributed by atoms with Crippen LogP contribution in [0.15, 0.2) is 218 Å². The SMILES string of the molecule is Cc1cccc(N(c2ccccc2)c2ccc3sc(-c4cc(OCCCCc5cccc(C=O)c5)c(-c5cc6cc(N(c7ccccc7)c7cccc(C)c7)ccc6s5)cc4OCCCCc4cccc(C=O)c4)cc3c2)c1. The summed E-state index contributed by atoms with van der Waals surface area (Å²) in [5, 5.41) is 2.29. The molecule has 0 atom stereocenters. The summed E-state index contributed by atoms with van der Waals surface area (Å²) in [5.41, 5.74) is 14.6. The zero-order valence-corrected chi connectivity index (χ0v) is 45.6. The van der Waals surface area contributed by atoms with Crippen molar-refractivity contribution in [3.05, 3.63) is 252 Å². The second-order valence-corrected chi connectivity index (χ2v) is 22.0. The molecule has 0 saturated heterocycles. The zero-order chi connectivity index (χ0) is 53.2.